The fraction of sp³-hybridized carbons (Fsp3) is 0.621. The van der Waals surface area contributed by atoms with Gasteiger partial charge in [0, 0.05) is 19.3 Å². The summed E-state index contributed by atoms with van der Waals surface area (Å²) in [6.07, 6.45) is 74.0. The molecule has 0 aliphatic heterocycles. The van der Waals surface area contributed by atoms with E-state index >= 15 is 0 Å². The Labute approximate surface area is 474 Å². The predicted molar refractivity (Wildman–Crippen MR) is 325 cm³/mol. The van der Waals surface area contributed by atoms with Crippen molar-refractivity contribution >= 4 is 25.7 Å². The van der Waals surface area contributed by atoms with Crippen molar-refractivity contribution in [3.05, 3.63) is 134 Å². The lowest BCUT2D eigenvalue weighted by molar-refractivity contribution is -0.161. The number of aliphatic hydroxyl groups excluding tert-OH is 1. The minimum atomic E-state index is -4.78. The summed E-state index contributed by atoms with van der Waals surface area (Å²) >= 11 is 0. The van der Waals surface area contributed by atoms with Crippen LogP contribution >= 0.6 is 7.82 Å². The largest absolute Gasteiger partial charge is 0.472 e. The monoisotopic (exact) mass is 1110 g/mol. The summed E-state index contributed by atoms with van der Waals surface area (Å²) in [4.78, 5) is 48.7. The quantitative estimate of drug-likeness (QED) is 0.0197. The number of rotatable bonds is 54. The molecule has 2 N–H and O–H groups in total. The Morgan fingerprint density at radius 2 is 0.628 bits per heavy atom. The first-order chi connectivity index (χ1) is 38.2. The maximum absolute atomic E-state index is 12.9. The van der Waals surface area contributed by atoms with Gasteiger partial charge in [0.15, 0.2) is 6.10 Å². The predicted octanol–water partition coefficient (Wildman–Crippen LogP) is 18.1. The first-order valence-electron chi connectivity index (χ1n) is 30.1. The molecule has 0 amide bonds. The fourth-order valence-corrected chi connectivity index (χ4v) is 8.37. The molecule has 78 heavy (non-hydrogen) atoms. The molecule has 0 radical (unpaired) electrons. The van der Waals surface area contributed by atoms with E-state index in [-0.39, 0.29) is 25.9 Å². The number of aliphatic hydroxyl groups is 1. The number of unbranched alkanes of at least 4 members (excludes halogenated alkanes) is 15. The van der Waals surface area contributed by atoms with Crippen LogP contribution in [0.5, 0.6) is 0 Å². The van der Waals surface area contributed by atoms with Gasteiger partial charge in [-0.1, -0.05) is 212 Å². The molecule has 0 rings (SSSR count). The van der Waals surface area contributed by atoms with E-state index in [0.717, 1.165) is 167 Å². The van der Waals surface area contributed by atoms with Crippen LogP contribution in [0.2, 0.25) is 0 Å². The van der Waals surface area contributed by atoms with Gasteiger partial charge >= 0.3 is 25.7 Å². The van der Waals surface area contributed by atoms with E-state index in [4.69, 9.17) is 23.3 Å². The molecular weight excluding hydrogens is 1000 g/mol. The Morgan fingerprint density at radius 1 is 0.359 bits per heavy atom. The summed E-state index contributed by atoms with van der Waals surface area (Å²) in [5, 5.41) is 9.83. The molecule has 12 heteroatoms. The second-order valence-electron chi connectivity index (χ2n) is 19.4. The number of esters is 3. The molecule has 3 unspecified atom stereocenters. The van der Waals surface area contributed by atoms with Gasteiger partial charge in [-0.3, -0.25) is 23.4 Å². The highest BCUT2D eigenvalue weighted by molar-refractivity contribution is 7.47. The zero-order chi connectivity index (χ0) is 56.9. The van der Waals surface area contributed by atoms with E-state index in [1.807, 2.05) is 0 Å². The summed E-state index contributed by atoms with van der Waals surface area (Å²) in [5.74, 6) is -1.54. The molecule has 0 spiro atoms. The Kier molecular flexibility index (Phi) is 55.5. The van der Waals surface area contributed by atoms with Crippen molar-refractivity contribution in [1.82, 2.24) is 0 Å². The minimum absolute atomic E-state index is 0.140. The maximum atomic E-state index is 12.9. The molecule has 0 saturated carbocycles. The van der Waals surface area contributed by atoms with Crippen LogP contribution in [0, 0.1) is 0 Å². The van der Waals surface area contributed by atoms with Crippen molar-refractivity contribution in [2.24, 2.45) is 0 Å². The number of phosphoric ester groups is 1. The highest BCUT2D eigenvalue weighted by Crippen LogP contribution is 2.43. The van der Waals surface area contributed by atoms with Gasteiger partial charge in [0.1, 0.15) is 12.7 Å². The van der Waals surface area contributed by atoms with Gasteiger partial charge in [-0.2, -0.15) is 0 Å². The standard InChI is InChI=1S/C66H107O11P/c1-4-7-10-13-16-19-22-25-28-30-31-33-35-37-40-43-46-49-52-55-64(68)73-59-63(77-66(70)57-54-51-48-45-42-39-36-32-29-26-23-20-17-14-11-8-5-2)61-75-78(71,72)74-60-62(58-67)76-65(69)56-53-50-47-44-41-38-34-27-24-21-18-15-12-9-6-3/h7-12,16-21,25-29,31,33-34,37,40,62-63,67H,4-6,13-15,22-24,30,32,35-36,38-39,41-61H2,1-3H3,(H,71,72)/b10-7-,11-8-,12-9-,19-16-,20-17-,21-18-,28-25-,29-26-,33-31-,34-27-,40-37-. The molecule has 3 atom stereocenters. The molecule has 0 aromatic carbocycles. The van der Waals surface area contributed by atoms with Crippen molar-refractivity contribution in [2.45, 2.75) is 238 Å². The SMILES string of the molecule is CC/C=C\C/C=C\C/C=C\C/C=C\C/C=C\CCCCCC(=O)OCC(COP(=O)(O)OCC(CO)OC(=O)CCCCCCC/C=C\C/C=C\C/C=C\CC)OC(=O)CCCCCCCCC/C=C\C/C=C\C/C=C\CC. The van der Waals surface area contributed by atoms with Crippen LogP contribution < -0.4 is 0 Å². The number of allylic oxidation sites excluding steroid dienone is 22. The van der Waals surface area contributed by atoms with Crippen molar-refractivity contribution in [3.63, 3.8) is 0 Å². The third-order valence-corrected chi connectivity index (χ3v) is 13.0. The average molecular weight is 1110 g/mol. The number of hydrogen-bond acceptors (Lipinski definition) is 10. The van der Waals surface area contributed by atoms with Crippen LogP contribution in [0.15, 0.2) is 134 Å². The Balaban J connectivity index is 4.82. The highest BCUT2D eigenvalue weighted by atomic mass is 31.2. The number of hydrogen-bond donors (Lipinski definition) is 2. The van der Waals surface area contributed by atoms with Gasteiger partial charge < -0.3 is 24.2 Å². The summed E-state index contributed by atoms with van der Waals surface area (Å²) in [6.45, 7) is 4.23. The third-order valence-electron chi connectivity index (χ3n) is 12.1. The first kappa shape index (κ1) is 73.6. The van der Waals surface area contributed by atoms with Crippen molar-refractivity contribution in [1.29, 1.82) is 0 Å². The zero-order valence-corrected chi connectivity index (χ0v) is 49.7. The highest BCUT2D eigenvalue weighted by Gasteiger charge is 2.28. The lowest BCUT2D eigenvalue weighted by Gasteiger charge is -2.21. The second-order valence-corrected chi connectivity index (χ2v) is 20.8. The van der Waals surface area contributed by atoms with Crippen molar-refractivity contribution < 1.29 is 52.2 Å². The molecule has 0 aliphatic rings. The van der Waals surface area contributed by atoms with Crippen LogP contribution in [0.25, 0.3) is 0 Å². The molecule has 0 bridgehead atoms. The van der Waals surface area contributed by atoms with Gasteiger partial charge in [0.05, 0.1) is 19.8 Å². The van der Waals surface area contributed by atoms with Crippen LogP contribution in [-0.2, 0) is 42.2 Å². The molecule has 0 saturated heterocycles. The fourth-order valence-electron chi connectivity index (χ4n) is 7.59. The molecule has 0 fully saturated rings. The molecule has 0 heterocycles. The van der Waals surface area contributed by atoms with Gasteiger partial charge in [-0.25, -0.2) is 4.57 Å². The van der Waals surface area contributed by atoms with Crippen LogP contribution in [0.4, 0.5) is 0 Å². The van der Waals surface area contributed by atoms with Crippen LogP contribution in [0.1, 0.15) is 226 Å². The van der Waals surface area contributed by atoms with Gasteiger partial charge in [0.25, 0.3) is 0 Å². The lowest BCUT2D eigenvalue weighted by atomic mass is 10.1. The van der Waals surface area contributed by atoms with E-state index in [1.54, 1.807) is 0 Å². The van der Waals surface area contributed by atoms with E-state index in [0.29, 0.717) is 19.3 Å². The molecule has 0 aromatic rings. The topological polar surface area (TPSA) is 155 Å². The number of carbonyl (C=O) groups is 3. The number of carbonyl (C=O) groups excluding carboxylic acids is 3. The summed E-state index contributed by atoms with van der Waals surface area (Å²) in [5.41, 5.74) is 0. The summed E-state index contributed by atoms with van der Waals surface area (Å²) in [7, 11) is -4.78. The molecule has 11 nitrogen and oxygen atoms in total. The Bertz CT molecular complexity index is 1820. The van der Waals surface area contributed by atoms with Crippen LogP contribution in [0.3, 0.4) is 0 Å². The van der Waals surface area contributed by atoms with E-state index < -0.39 is 57.8 Å². The molecule has 0 aliphatic carbocycles. The summed E-state index contributed by atoms with van der Waals surface area (Å²) in [6, 6.07) is 0. The molecule has 442 valence electrons. The van der Waals surface area contributed by atoms with Crippen molar-refractivity contribution in [2.75, 3.05) is 26.4 Å². The Hall–Kier alpha value is -4.38. The van der Waals surface area contributed by atoms with Gasteiger partial charge in [-0.15, -0.1) is 0 Å². The number of phosphoric acid groups is 1. The van der Waals surface area contributed by atoms with Gasteiger partial charge in [0.2, 0.25) is 0 Å². The molecular formula is C66H107O11P. The average Bonchev–Trinajstić information content (AvgIpc) is 3.43. The Morgan fingerprint density at radius 3 is 0.974 bits per heavy atom. The van der Waals surface area contributed by atoms with Gasteiger partial charge in [-0.05, 0) is 128 Å². The number of ether oxygens (including phenoxy) is 3. The molecule has 0 aromatic heterocycles. The minimum Gasteiger partial charge on any atom is -0.462 e. The zero-order valence-electron chi connectivity index (χ0n) is 48.8. The smallest absolute Gasteiger partial charge is 0.462 e. The lowest BCUT2D eigenvalue weighted by Crippen LogP contribution is -2.30. The second kappa shape index (κ2) is 58.8. The van der Waals surface area contributed by atoms with Crippen molar-refractivity contribution in [3.8, 4) is 0 Å². The summed E-state index contributed by atoms with van der Waals surface area (Å²) < 4.78 is 39.6. The van der Waals surface area contributed by atoms with E-state index in [1.165, 1.54) is 0 Å². The third kappa shape index (κ3) is 56.3. The van der Waals surface area contributed by atoms with Crippen LogP contribution in [-0.4, -0.2) is 66.5 Å². The first-order valence-corrected chi connectivity index (χ1v) is 31.6. The normalized spacial score (nSPS) is 14.3. The van der Waals surface area contributed by atoms with E-state index in [9.17, 15) is 28.9 Å². The maximum Gasteiger partial charge on any atom is 0.472 e. The van der Waals surface area contributed by atoms with E-state index in [2.05, 4.69) is 154 Å².